The average Bonchev–Trinajstić information content (AvgIpc) is 2.35. The van der Waals surface area contributed by atoms with Crippen LogP contribution in [0, 0.1) is 0 Å². The highest BCUT2D eigenvalue weighted by atomic mass is 16.5. The Hall–Kier alpha value is -1.88. The Balaban J connectivity index is 2.91. The molecule has 16 heavy (non-hydrogen) atoms. The molecule has 1 aromatic carbocycles. The zero-order valence-electron chi connectivity index (χ0n) is 8.79. The van der Waals surface area contributed by atoms with Crippen LogP contribution in [-0.2, 0) is 14.3 Å². The third kappa shape index (κ3) is 2.80. The van der Waals surface area contributed by atoms with Crippen LogP contribution in [-0.4, -0.2) is 30.7 Å². The highest BCUT2D eigenvalue weighted by Crippen LogP contribution is 2.16. The average molecular weight is 223 g/mol. The van der Waals surface area contributed by atoms with Gasteiger partial charge in [0.05, 0.1) is 13.2 Å². The van der Waals surface area contributed by atoms with Crippen molar-refractivity contribution in [3.8, 4) is 0 Å². The topological polar surface area (TPSA) is 75.6 Å². The first kappa shape index (κ1) is 12.2. The number of benzene rings is 1. The highest BCUT2D eigenvalue weighted by Gasteiger charge is 2.27. The first-order valence-corrected chi connectivity index (χ1v) is 4.71. The third-order valence-corrected chi connectivity index (χ3v) is 2.16. The van der Waals surface area contributed by atoms with E-state index in [9.17, 15) is 14.7 Å². The highest BCUT2D eigenvalue weighted by molar-refractivity contribution is 5.76. The van der Waals surface area contributed by atoms with Gasteiger partial charge in [0.1, 0.15) is 0 Å². The minimum Gasteiger partial charge on any atom is -0.467 e. The normalized spacial score (nSPS) is 13.6. The molecule has 2 atom stereocenters. The largest absolute Gasteiger partial charge is 0.467 e. The summed E-state index contributed by atoms with van der Waals surface area (Å²) in [7, 11) is 1.18. The minimum atomic E-state index is -1.42. The number of aliphatic hydroxyl groups excluding tert-OH is 1. The Labute approximate surface area is 93.0 Å². The number of esters is 1. The number of methoxy groups -OCH3 is 1. The molecule has 0 radical (unpaired) electrons. The molecule has 5 heteroatoms. The first-order chi connectivity index (χ1) is 7.70. The van der Waals surface area contributed by atoms with Crippen LogP contribution in [0.5, 0.6) is 0 Å². The molecule has 0 saturated carbocycles. The van der Waals surface area contributed by atoms with Gasteiger partial charge in [0, 0.05) is 0 Å². The maximum Gasteiger partial charge on any atom is 0.337 e. The van der Waals surface area contributed by atoms with Crippen LogP contribution < -0.4 is 5.32 Å². The van der Waals surface area contributed by atoms with Gasteiger partial charge in [-0.3, -0.25) is 4.79 Å². The zero-order chi connectivity index (χ0) is 12.0. The molecule has 0 aromatic heterocycles. The van der Waals surface area contributed by atoms with Crippen molar-refractivity contribution in [1.29, 1.82) is 0 Å². The van der Waals surface area contributed by atoms with E-state index in [1.54, 1.807) is 30.3 Å². The molecule has 0 aliphatic carbocycles. The van der Waals surface area contributed by atoms with Gasteiger partial charge in [-0.25, -0.2) is 4.79 Å². The molecule has 0 heterocycles. The van der Waals surface area contributed by atoms with E-state index in [2.05, 4.69) is 10.1 Å². The molecule has 1 amide bonds. The Bertz CT molecular complexity index is 352. The lowest BCUT2D eigenvalue weighted by Gasteiger charge is -2.20. The molecular formula is C11H13NO4. The molecule has 2 unspecified atom stereocenters. The molecule has 1 rings (SSSR count). The van der Waals surface area contributed by atoms with Gasteiger partial charge >= 0.3 is 5.97 Å². The van der Waals surface area contributed by atoms with E-state index in [0.717, 1.165) is 0 Å². The Morgan fingerprint density at radius 3 is 2.56 bits per heavy atom. The minimum absolute atomic E-state index is 0.434. The Morgan fingerprint density at radius 1 is 1.44 bits per heavy atom. The zero-order valence-corrected chi connectivity index (χ0v) is 8.79. The second-order valence-electron chi connectivity index (χ2n) is 3.14. The molecule has 0 bridgehead atoms. The van der Waals surface area contributed by atoms with Crippen molar-refractivity contribution in [2.45, 2.75) is 12.1 Å². The van der Waals surface area contributed by atoms with Gasteiger partial charge in [-0.15, -0.1) is 0 Å². The van der Waals surface area contributed by atoms with Gasteiger partial charge in [-0.2, -0.15) is 0 Å². The Kier molecular flexibility index (Phi) is 4.47. The second-order valence-corrected chi connectivity index (χ2v) is 3.14. The maximum atomic E-state index is 11.2. The summed E-state index contributed by atoms with van der Waals surface area (Å²) in [4.78, 5) is 21.6. The van der Waals surface area contributed by atoms with Gasteiger partial charge in [0.25, 0.3) is 0 Å². The third-order valence-electron chi connectivity index (χ3n) is 2.16. The Morgan fingerprint density at radius 2 is 2.06 bits per heavy atom. The van der Waals surface area contributed by atoms with Crippen molar-refractivity contribution in [2.75, 3.05) is 7.11 Å². The van der Waals surface area contributed by atoms with Crippen LogP contribution in [0.2, 0.25) is 0 Å². The van der Waals surface area contributed by atoms with E-state index in [0.29, 0.717) is 12.0 Å². The number of rotatable bonds is 5. The lowest BCUT2D eigenvalue weighted by atomic mass is 10.0. The summed E-state index contributed by atoms with van der Waals surface area (Å²) >= 11 is 0. The van der Waals surface area contributed by atoms with E-state index in [1.165, 1.54) is 7.11 Å². The summed E-state index contributed by atoms with van der Waals surface area (Å²) in [6.07, 6.45) is -0.985. The van der Waals surface area contributed by atoms with E-state index < -0.39 is 18.1 Å². The monoisotopic (exact) mass is 223 g/mol. The molecule has 0 fully saturated rings. The molecule has 0 aliphatic heterocycles. The fourth-order valence-electron chi connectivity index (χ4n) is 1.36. The SMILES string of the molecule is COC(=O)C(O)C(NC=O)c1ccccc1. The molecule has 0 aliphatic rings. The number of amides is 1. The van der Waals surface area contributed by atoms with Crippen molar-refractivity contribution in [2.24, 2.45) is 0 Å². The van der Waals surface area contributed by atoms with E-state index in [4.69, 9.17) is 0 Å². The summed E-state index contributed by atoms with van der Waals surface area (Å²) < 4.78 is 4.42. The van der Waals surface area contributed by atoms with E-state index in [1.807, 2.05) is 0 Å². The van der Waals surface area contributed by atoms with E-state index in [-0.39, 0.29) is 0 Å². The number of carbonyl (C=O) groups is 2. The second kappa shape index (κ2) is 5.87. The van der Waals surface area contributed by atoms with Crippen LogP contribution in [0.4, 0.5) is 0 Å². The van der Waals surface area contributed by atoms with Crippen LogP contribution in [0.15, 0.2) is 30.3 Å². The summed E-state index contributed by atoms with van der Waals surface area (Å²) in [5, 5.41) is 12.0. The lowest BCUT2D eigenvalue weighted by Crippen LogP contribution is -2.37. The number of hydrogen-bond acceptors (Lipinski definition) is 4. The fraction of sp³-hybridized carbons (Fsp3) is 0.273. The first-order valence-electron chi connectivity index (χ1n) is 4.71. The van der Waals surface area contributed by atoms with Crippen LogP contribution in [0.25, 0.3) is 0 Å². The van der Waals surface area contributed by atoms with E-state index >= 15 is 0 Å². The molecule has 86 valence electrons. The van der Waals surface area contributed by atoms with Crippen molar-refractivity contribution in [3.63, 3.8) is 0 Å². The summed E-state index contributed by atoms with van der Waals surface area (Å²) in [6, 6.07) is 7.90. The van der Waals surface area contributed by atoms with Gasteiger partial charge in [0.15, 0.2) is 6.10 Å². The predicted octanol–water partition coefficient (Wildman–Crippen LogP) is 0.00760. The van der Waals surface area contributed by atoms with Gasteiger partial charge < -0.3 is 15.2 Å². The van der Waals surface area contributed by atoms with Crippen molar-refractivity contribution >= 4 is 12.4 Å². The summed E-state index contributed by atoms with van der Waals surface area (Å²) in [6.45, 7) is 0. The lowest BCUT2D eigenvalue weighted by molar-refractivity contribution is -0.152. The van der Waals surface area contributed by atoms with Crippen LogP contribution in [0.1, 0.15) is 11.6 Å². The molecule has 5 nitrogen and oxygen atoms in total. The molecule has 0 saturated heterocycles. The predicted molar refractivity (Wildman–Crippen MR) is 56.4 cm³/mol. The number of ether oxygens (including phenoxy) is 1. The fourth-order valence-corrected chi connectivity index (χ4v) is 1.36. The number of aliphatic hydroxyl groups is 1. The maximum absolute atomic E-state index is 11.2. The van der Waals surface area contributed by atoms with Crippen molar-refractivity contribution < 1.29 is 19.4 Å². The van der Waals surface area contributed by atoms with Gasteiger partial charge in [-0.05, 0) is 5.56 Å². The van der Waals surface area contributed by atoms with Crippen molar-refractivity contribution in [3.05, 3.63) is 35.9 Å². The number of nitrogens with one attached hydrogen (secondary N) is 1. The van der Waals surface area contributed by atoms with Crippen LogP contribution >= 0.6 is 0 Å². The van der Waals surface area contributed by atoms with Gasteiger partial charge in [0.2, 0.25) is 6.41 Å². The molecule has 2 N–H and O–H groups in total. The quantitative estimate of drug-likeness (QED) is 0.544. The summed E-state index contributed by atoms with van der Waals surface area (Å²) in [5.74, 6) is -0.789. The van der Waals surface area contributed by atoms with Crippen molar-refractivity contribution in [1.82, 2.24) is 5.32 Å². The number of carbonyl (C=O) groups excluding carboxylic acids is 2. The summed E-state index contributed by atoms with van der Waals surface area (Å²) in [5.41, 5.74) is 0.632. The molecular weight excluding hydrogens is 210 g/mol. The molecule has 1 aromatic rings. The molecule has 0 spiro atoms. The standard InChI is InChI=1S/C11H13NO4/c1-16-11(15)10(14)9(12-7-13)8-5-3-2-4-6-8/h2-7,9-10,14H,1H3,(H,12,13). The van der Waals surface area contributed by atoms with Gasteiger partial charge in [-0.1, -0.05) is 30.3 Å². The van der Waals surface area contributed by atoms with Crippen LogP contribution in [0.3, 0.4) is 0 Å². The number of hydrogen-bond donors (Lipinski definition) is 2. The smallest absolute Gasteiger partial charge is 0.337 e.